The molecule has 0 saturated heterocycles. The van der Waals surface area contributed by atoms with Gasteiger partial charge in [0.25, 0.3) is 0 Å². The quantitative estimate of drug-likeness (QED) is 0.0700. The smallest absolute Gasteiger partial charge is 0.0728 e. The highest BCUT2D eigenvalue weighted by Gasteiger charge is 2.24. The highest BCUT2D eigenvalue weighted by molar-refractivity contribution is 9.10. The number of hydrogen-bond donors (Lipinski definition) is 0. The van der Waals surface area contributed by atoms with E-state index in [2.05, 4.69) is 198 Å². The molecule has 0 atom stereocenters. The maximum absolute atomic E-state index is 6.29. The average Bonchev–Trinajstić information content (AvgIpc) is 3.20. The zero-order valence-corrected chi connectivity index (χ0v) is 50.8. The molecular weight excluding hydrogens is 961 g/mol. The zero-order valence-electron chi connectivity index (χ0n) is 47.6. The van der Waals surface area contributed by atoms with Crippen molar-refractivity contribution in [2.45, 2.75) is 211 Å². The van der Waals surface area contributed by atoms with Crippen LogP contribution in [0, 0.1) is 35.5 Å². The van der Waals surface area contributed by atoms with Crippen molar-refractivity contribution >= 4 is 37.5 Å². The Morgan fingerprint density at radius 1 is 0.333 bits per heavy atom. The van der Waals surface area contributed by atoms with Crippen LogP contribution in [-0.4, -0.2) is 39.6 Å². The van der Waals surface area contributed by atoms with E-state index in [0.717, 1.165) is 44.1 Å². The van der Waals surface area contributed by atoms with Gasteiger partial charge in [-0.05, 0) is 102 Å². The number of hydrogen-bond acceptors (Lipinski definition) is 8. The summed E-state index contributed by atoms with van der Waals surface area (Å²) in [6.07, 6.45) is 0. The lowest BCUT2D eigenvalue weighted by molar-refractivity contribution is 0.0906. The first-order chi connectivity index (χ1) is 32.0. The minimum absolute atomic E-state index is 0.0145. The van der Waals surface area contributed by atoms with Crippen molar-refractivity contribution in [3.63, 3.8) is 0 Å². The summed E-state index contributed by atoms with van der Waals surface area (Å²) in [5.41, 5.74) is 11.4. The van der Waals surface area contributed by atoms with Gasteiger partial charge in [-0.3, -0.25) is 0 Å². The lowest BCUT2D eigenvalue weighted by Crippen LogP contribution is -2.15. The van der Waals surface area contributed by atoms with Crippen molar-refractivity contribution in [3.05, 3.63) is 90.9 Å². The van der Waals surface area contributed by atoms with Crippen LogP contribution in [0.4, 0.5) is 0 Å². The van der Waals surface area contributed by atoms with Crippen molar-refractivity contribution in [1.82, 2.24) is 0 Å². The summed E-state index contributed by atoms with van der Waals surface area (Å²) in [7, 11) is 3.66. The Morgan fingerprint density at radius 3 is 0.681 bits per heavy atom. The second-order valence-corrected chi connectivity index (χ2v) is 27.7. The van der Waals surface area contributed by atoms with E-state index in [1.165, 1.54) is 59.9 Å². The molecule has 9 heteroatoms. The molecule has 6 nitrogen and oxygen atoms in total. The topological polar surface area (TPSA) is 55.4 Å². The van der Waals surface area contributed by atoms with E-state index in [1.807, 2.05) is 21.6 Å². The number of halogens is 1. The molecule has 0 fully saturated rings. The van der Waals surface area contributed by atoms with E-state index in [9.17, 15) is 0 Å². The number of ether oxygens (including phenoxy) is 6. The molecule has 0 saturated carbocycles. The maximum Gasteiger partial charge on any atom is 0.0728 e. The summed E-state index contributed by atoms with van der Waals surface area (Å²) >= 11 is 3.76. The first-order valence-corrected chi connectivity index (χ1v) is 28.9. The summed E-state index contributed by atoms with van der Waals surface area (Å²) in [6.45, 7) is 54.9. The molecule has 3 rings (SSSR count). The molecule has 69 heavy (non-hydrogen) atoms. The summed E-state index contributed by atoms with van der Waals surface area (Å²) in [5, 5.41) is 0. The van der Waals surface area contributed by atoms with E-state index in [4.69, 9.17) is 28.4 Å². The van der Waals surface area contributed by atoms with Gasteiger partial charge in [-0.15, -0.1) is 0 Å². The van der Waals surface area contributed by atoms with Gasteiger partial charge in [0.2, 0.25) is 0 Å². The first kappa shape index (κ1) is 63.7. The van der Waals surface area contributed by atoms with Crippen LogP contribution in [0.5, 0.6) is 0 Å². The fourth-order valence-electron chi connectivity index (χ4n) is 6.92. The SMILES string of the molecule is CC(C)COCc1cc(C(C)(C)C)cc(COCC(C)C)c1Br.CC(C)COCc1cc(C(C)(C)C)cc(COCC(C)C)c1SSc1c(COCC(C)C)cc(C(C)(C)C)cc1COCC(C)C. The molecule has 3 aromatic carbocycles. The van der Waals surface area contributed by atoms with E-state index in [1.54, 1.807) is 0 Å². The Labute approximate surface area is 440 Å². The zero-order chi connectivity index (χ0) is 52.3. The molecule has 0 aliphatic heterocycles. The Bertz CT molecular complexity index is 1730. The Hall–Kier alpha value is -1.40. The third kappa shape index (κ3) is 24.9. The molecular formula is C60H99BrO6S2. The van der Waals surface area contributed by atoms with E-state index in [-0.39, 0.29) is 16.2 Å². The van der Waals surface area contributed by atoms with Gasteiger partial charge >= 0.3 is 0 Å². The number of benzene rings is 3. The van der Waals surface area contributed by atoms with Gasteiger partial charge in [-0.25, -0.2) is 0 Å². The first-order valence-electron chi connectivity index (χ1n) is 25.9. The van der Waals surface area contributed by atoms with Crippen LogP contribution >= 0.6 is 37.5 Å². The average molecular weight is 1060 g/mol. The van der Waals surface area contributed by atoms with Gasteiger partial charge in [0.15, 0.2) is 0 Å². The fourth-order valence-corrected chi connectivity index (χ4v) is 10.2. The van der Waals surface area contributed by atoms with Crippen LogP contribution in [0.2, 0.25) is 0 Å². The van der Waals surface area contributed by atoms with Crippen molar-refractivity contribution in [2.24, 2.45) is 35.5 Å². The molecule has 0 aromatic heterocycles. The molecule has 0 aliphatic rings. The summed E-state index contributed by atoms with van der Waals surface area (Å²) in [4.78, 5) is 2.49. The van der Waals surface area contributed by atoms with Gasteiger partial charge in [0.1, 0.15) is 0 Å². The van der Waals surface area contributed by atoms with Gasteiger partial charge in [0, 0.05) is 53.9 Å². The predicted molar refractivity (Wildman–Crippen MR) is 302 cm³/mol. The number of rotatable bonds is 27. The second kappa shape index (κ2) is 30.7. The second-order valence-electron chi connectivity index (χ2n) is 24.7. The monoisotopic (exact) mass is 1060 g/mol. The van der Waals surface area contributed by atoms with Crippen LogP contribution in [0.25, 0.3) is 0 Å². The van der Waals surface area contributed by atoms with Gasteiger partial charge < -0.3 is 28.4 Å². The molecule has 0 N–H and O–H groups in total. The summed E-state index contributed by atoms with van der Waals surface area (Å²) in [6, 6.07) is 14.0. The Kier molecular flexibility index (Phi) is 28.4. The van der Waals surface area contributed by atoms with Crippen molar-refractivity contribution < 1.29 is 28.4 Å². The summed E-state index contributed by atoms with van der Waals surface area (Å²) in [5.74, 6) is 3.02. The van der Waals surface area contributed by atoms with Crippen LogP contribution in [-0.2, 0) is 84.3 Å². The molecule has 394 valence electrons. The Morgan fingerprint density at radius 2 is 0.507 bits per heavy atom. The van der Waals surface area contributed by atoms with Gasteiger partial charge in [0.05, 0.1) is 39.6 Å². The highest BCUT2D eigenvalue weighted by atomic mass is 79.9. The van der Waals surface area contributed by atoms with Gasteiger partial charge in [-0.1, -0.05) is 219 Å². The lowest BCUT2D eigenvalue weighted by Gasteiger charge is -2.26. The molecule has 3 aromatic rings. The molecule has 0 heterocycles. The fraction of sp³-hybridized carbons (Fsp3) is 0.700. The standard InChI is InChI=1S/C40H66O4S2.C20H33BrO2/c1-27(2)19-41-23-31-15-35(39(9,10)11)16-32(24-42-20-28(3)4)37(31)45-46-38-33(25-43-21-29(5)6)17-36(40(12,13)14)18-34(38)26-44-22-30(7)8;1-14(2)10-22-12-16-8-18(20(5,6)7)9-17(19(16)21)13-23-11-15(3)4/h15-18,27-30H,19-26H2,1-14H3;8-9,14-15H,10-13H2,1-7H3. The van der Waals surface area contributed by atoms with Crippen LogP contribution in [0.1, 0.15) is 195 Å². The van der Waals surface area contributed by atoms with Crippen molar-refractivity contribution in [3.8, 4) is 0 Å². The minimum Gasteiger partial charge on any atom is -0.376 e. The third-order valence-electron chi connectivity index (χ3n) is 10.8. The molecule has 0 bridgehead atoms. The Balaban J connectivity index is 0.000000593. The molecule has 0 unspecified atom stereocenters. The molecule has 0 aliphatic carbocycles. The van der Waals surface area contributed by atoms with E-state index >= 15 is 0 Å². The van der Waals surface area contributed by atoms with Crippen LogP contribution < -0.4 is 0 Å². The molecule has 0 spiro atoms. The van der Waals surface area contributed by atoms with E-state index < -0.39 is 0 Å². The van der Waals surface area contributed by atoms with Crippen LogP contribution in [0.3, 0.4) is 0 Å². The lowest BCUT2D eigenvalue weighted by atomic mass is 9.85. The highest BCUT2D eigenvalue weighted by Crippen LogP contribution is 2.47. The summed E-state index contributed by atoms with van der Waals surface area (Å²) < 4.78 is 38.0. The van der Waals surface area contributed by atoms with Crippen molar-refractivity contribution in [2.75, 3.05) is 39.6 Å². The van der Waals surface area contributed by atoms with Crippen LogP contribution in [0.15, 0.2) is 50.7 Å². The third-order valence-corrected chi connectivity index (χ3v) is 14.5. The largest absolute Gasteiger partial charge is 0.376 e. The van der Waals surface area contributed by atoms with E-state index in [0.29, 0.717) is 75.1 Å². The predicted octanol–water partition coefficient (Wildman–Crippen LogP) is 17.9. The normalized spacial score (nSPS) is 12.7. The molecule has 0 amide bonds. The van der Waals surface area contributed by atoms with Crippen molar-refractivity contribution in [1.29, 1.82) is 0 Å². The van der Waals surface area contributed by atoms with Gasteiger partial charge in [-0.2, -0.15) is 0 Å². The minimum atomic E-state index is 0.0145. The maximum atomic E-state index is 6.29. The molecule has 0 radical (unpaired) electrons.